The lowest BCUT2D eigenvalue weighted by atomic mass is 9.99. The summed E-state index contributed by atoms with van der Waals surface area (Å²) in [6, 6.07) is 6.93. The molecular weight excluding hydrogens is 184 g/mol. The van der Waals surface area contributed by atoms with Crippen LogP contribution in [0.4, 0.5) is 11.4 Å². The number of hydrogen-bond acceptors (Lipinski definition) is 2. The van der Waals surface area contributed by atoms with Crippen molar-refractivity contribution in [3.63, 3.8) is 0 Å². The van der Waals surface area contributed by atoms with Gasteiger partial charge in [0.1, 0.15) is 0 Å². The first kappa shape index (κ1) is 10.3. The summed E-state index contributed by atoms with van der Waals surface area (Å²) in [5, 5.41) is 0. The number of anilines is 2. The average molecular weight is 204 g/mol. The van der Waals surface area contributed by atoms with Gasteiger partial charge in [-0.25, -0.2) is 0 Å². The third-order valence-electron chi connectivity index (χ3n) is 3.39. The van der Waals surface area contributed by atoms with Crippen LogP contribution >= 0.6 is 0 Å². The largest absolute Gasteiger partial charge is 0.399 e. The predicted octanol–water partition coefficient (Wildman–Crippen LogP) is 2.82. The molecule has 15 heavy (non-hydrogen) atoms. The molecule has 1 aliphatic heterocycles. The van der Waals surface area contributed by atoms with Crippen LogP contribution in [-0.2, 0) is 6.42 Å². The fourth-order valence-electron chi connectivity index (χ4n) is 2.30. The molecule has 1 aromatic rings. The highest BCUT2D eigenvalue weighted by atomic mass is 15.2. The van der Waals surface area contributed by atoms with Crippen LogP contribution in [0, 0.1) is 0 Å². The zero-order valence-corrected chi connectivity index (χ0v) is 9.66. The van der Waals surface area contributed by atoms with E-state index < -0.39 is 0 Å². The Morgan fingerprint density at radius 2 is 2.27 bits per heavy atom. The fourth-order valence-corrected chi connectivity index (χ4v) is 2.30. The monoisotopic (exact) mass is 204 g/mol. The van der Waals surface area contributed by atoms with Gasteiger partial charge in [-0.3, -0.25) is 0 Å². The van der Waals surface area contributed by atoms with Gasteiger partial charge >= 0.3 is 0 Å². The minimum atomic E-state index is 0.617. The summed E-state index contributed by atoms with van der Waals surface area (Å²) >= 11 is 0. The van der Waals surface area contributed by atoms with Crippen molar-refractivity contribution < 1.29 is 0 Å². The minimum absolute atomic E-state index is 0.617. The highest BCUT2D eigenvalue weighted by molar-refractivity contribution is 5.63. The standard InChI is InChI=1S/C13H20N2/c1-3-10(2)15-8-4-5-11-6-7-12(14)9-13(11)15/h6-7,9-10H,3-5,8,14H2,1-2H3. The molecule has 0 saturated carbocycles. The van der Waals surface area contributed by atoms with Gasteiger partial charge in [0, 0.05) is 24.0 Å². The molecule has 2 rings (SSSR count). The molecule has 2 heteroatoms. The summed E-state index contributed by atoms with van der Waals surface area (Å²) in [7, 11) is 0. The third-order valence-corrected chi connectivity index (χ3v) is 3.39. The first-order valence-electron chi connectivity index (χ1n) is 5.87. The molecule has 0 spiro atoms. The molecule has 82 valence electrons. The number of hydrogen-bond donors (Lipinski definition) is 1. The van der Waals surface area contributed by atoms with Crippen molar-refractivity contribution in [2.45, 2.75) is 39.2 Å². The number of fused-ring (bicyclic) bond motifs is 1. The maximum absolute atomic E-state index is 5.86. The molecule has 0 fully saturated rings. The smallest absolute Gasteiger partial charge is 0.0421 e. The Balaban J connectivity index is 2.36. The van der Waals surface area contributed by atoms with Crippen molar-refractivity contribution in [3.05, 3.63) is 23.8 Å². The molecule has 2 nitrogen and oxygen atoms in total. The summed E-state index contributed by atoms with van der Waals surface area (Å²) in [5.41, 5.74) is 9.55. The van der Waals surface area contributed by atoms with E-state index in [1.54, 1.807) is 0 Å². The molecule has 0 saturated heterocycles. The van der Waals surface area contributed by atoms with Crippen LogP contribution in [0.15, 0.2) is 18.2 Å². The zero-order valence-electron chi connectivity index (χ0n) is 9.66. The van der Waals surface area contributed by atoms with Crippen LogP contribution in [0.25, 0.3) is 0 Å². The predicted molar refractivity (Wildman–Crippen MR) is 66.3 cm³/mol. The van der Waals surface area contributed by atoms with E-state index in [0.717, 1.165) is 5.69 Å². The van der Waals surface area contributed by atoms with E-state index in [0.29, 0.717) is 6.04 Å². The molecule has 1 atom stereocenters. The topological polar surface area (TPSA) is 29.3 Å². The second kappa shape index (κ2) is 4.13. The quantitative estimate of drug-likeness (QED) is 0.751. The molecule has 1 heterocycles. The molecule has 0 radical (unpaired) electrons. The Hall–Kier alpha value is -1.18. The molecule has 0 amide bonds. The lowest BCUT2D eigenvalue weighted by Crippen LogP contribution is -2.36. The molecule has 0 bridgehead atoms. The van der Waals surface area contributed by atoms with Crippen LogP contribution in [0.3, 0.4) is 0 Å². The molecular formula is C13H20N2. The Morgan fingerprint density at radius 3 is 3.00 bits per heavy atom. The number of benzene rings is 1. The number of nitrogens with zero attached hydrogens (tertiary/aromatic N) is 1. The van der Waals surface area contributed by atoms with Crippen molar-refractivity contribution in [2.75, 3.05) is 17.2 Å². The maximum Gasteiger partial charge on any atom is 0.0421 e. The Labute approximate surface area is 92.1 Å². The summed E-state index contributed by atoms with van der Waals surface area (Å²) in [6.45, 7) is 5.70. The Kier molecular flexibility index (Phi) is 2.85. The first-order chi connectivity index (χ1) is 7.22. The fraction of sp³-hybridized carbons (Fsp3) is 0.538. The molecule has 0 aliphatic carbocycles. The SMILES string of the molecule is CCC(C)N1CCCc2ccc(N)cc21. The average Bonchev–Trinajstić information content (AvgIpc) is 2.27. The van der Waals surface area contributed by atoms with Gasteiger partial charge in [0.25, 0.3) is 0 Å². The van der Waals surface area contributed by atoms with Crippen LogP contribution < -0.4 is 10.6 Å². The van der Waals surface area contributed by atoms with E-state index in [4.69, 9.17) is 5.73 Å². The molecule has 2 N–H and O–H groups in total. The van der Waals surface area contributed by atoms with Gasteiger partial charge in [0.2, 0.25) is 0 Å². The highest BCUT2D eigenvalue weighted by Gasteiger charge is 2.20. The van der Waals surface area contributed by atoms with Crippen molar-refractivity contribution in [1.82, 2.24) is 0 Å². The van der Waals surface area contributed by atoms with Gasteiger partial charge in [-0.2, -0.15) is 0 Å². The normalized spacial score (nSPS) is 17.3. The maximum atomic E-state index is 5.86. The van der Waals surface area contributed by atoms with Crippen LogP contribution in [0.2, 0.25) is 0 Å². The van der Waals surface area contributed by atoms with Crippen molar-refractivity contribution in [1.29, 1.82) is 0 Å². The molecule has 1 unspecified atom stereocenters. The highest BCUT2D eigenvalue weighted by Crippen LogP contribution is 2.31. The van der Waals surface area contributed by atoms with E-state index in [-0.39, 0.29) is 0 Å². The van der Waals surface area contributed by atoms with E-state index >= 15 is 0 Å². The van der Waals surface area contributed by atoms with Crippen molar-refractivity contribution >= 4 is 11.4 Å². The molecule has 1 aliphatic rings. The summed E-state index contributed by atoms with van der Waals surface area (Å²) < 4.78 is 0. The lowest BCUT2D eigenvalue weighted by Gasteiger charge is -2.36. The van der Waals surface area contributed by atoms with Crippen molar-refractivity contribution in [3.8, 4) is 0 Å². The van der Waals surface area contributed by atoms with Gasteiger partial charge in [0.05, 0.1) is 0 Å². The summed E-state index contributed by atoms with van der Waals surface area (Å²) in [5.74, 6) is 0. The third kappa shape index (κ3) is 1.94. The number of nitrogens with two attached hydrogens (primary N) is 1. The number of aryl methyl sites for hydroxylation is 1. The van der Waals surface area contributed by atoms with Gasteiger partial charge in [-0.05, 0) is 43.9 Å². The van der Waals surface area contributed by atoms with Gasteiger partial charge in [-0.1, -0.05) is 13.0 Å². The summed E-state index contributed by atoms with van der Waals surface area (Å²) in [6.07, 6.45) is 3.65. The van der Waals surface area contributed by atoms with Crippen LogP contribution in [0.1, 0.15) is 32.3 Å². The van der Waals surface area contributed by atoms with Crippen LogP contribution in [-0.4, -0.2) is 12.6 Å². The first-order valence-corrected chi connectivity index (χ1v) is 5.87. The van der Waals surface area contributed by atoms with Crippen LogP contribution in [0.5, 0.6) is 0 Å². The second-order valence-electron chi connectivity index (χ2n) is 4.44. The van der Waals surface area contributed by atoms with Crippen molar-refractivity contribution in [2.24, 2.45) is 0 Å². The summed E-state index contributed by atoms with van der Waals surface area (Å²) in [4.78, 5) is 2.50. The van der Waals surface area contributed by atoms with E-state index in [9.17, 15) is 0 Å². The Morgan fingerprint density at radius 1 is 1.47 bits per heavy atom. The second-order valence-corrected chi connectivity index (χ2v) is 4.44. The lowest BCUT2D eigenvalue weighted by molar-refractivity contribution is 0.580. The minimum Gasteiger partial charge on any atom is -0.399 e. The number of nitrogen functional groups attached to an aromatic ring is 1. The molecule has 0 aromatic heterocycles. The Bertz CT molecular complexity index is 346. The van der Waals surface area contributed by atoms with Gasteiger partial charge in [-0.15, -0.1) is 0 Å². The van der Waals surface area contributed by atoms with Gasteiger partial charge < -0.3 is 10.6 Å². The van der Waals surface area contributed by atoms with Gasteiger partial charge in [0.15, 0.2) is 0 Å². The van der Waals surface area contributed by atoms with E-state index in [1.807, 2.05) is 6.07 Å². The molecule has 1 aromatic carbocycles. The van der Waals surface area contributed by atoms with E-state index in [2.05, 4.69) is 30.9 Å². The van der Waals surface area contributed by atoms with E-state index in [1.165, 1.54) is 37.1 Å². The zero-order chi connectivity index (χ0) is 10.8. The number of rotatable bonds is 2.